The number of anilines is 2. The molecule has 0 spiro atoms. The van der Waals surface area contributed by atoms with Crippen LogP contribution in [0.15, 0.2) is 72.9 Å². The third-order valence-corrected chi connectivity index (χ3v) is 4.31. The summed E-state index contributed by atoms with van der Waals surface area (Å²) in [5.41, 5.74) is 2.80. The Morgan fingerprint density at radius 2 is 1.77 bits per heavy atom. The predicted octanol–water partition coefficient (Wildman–Crippen LogP) is 5.01. The predicted molar refractivity (Wildman–Crippen MR) is 107 cm³/mol. The van der Waals surface area contributed by atoms with Gasteiger partial charge in [0.15, 0.2) is 0 Å². The molecule has 4 nitrogen and oxygen atoms in total. The van der Waals surface area contributed by atoms with Crippen molar-refractivity contribution < 1.29 is 4.79 Å². The fourth-order valence-electron chi connectivity index (χ4n) is 2.63. The number of pyridine rings is 1. The molecule has 1 heterocycles. The Morgan fingerprint density at radius 3 is 2.38 bits per heavy atom. The van der Waals surface area contributed by atoms with Gasteiger partial charge in [0.1, 0.15) is 5.82 Å². The Morgan fingerprint density at radius 1 is 1.04 bits per heavy atom. The van der Waals surface area contributed by atoms with E-state index in [4.69, 9.17) is 11.6 Å². The molecule has 0 saturated heterocycles. The second-order valence-corrected chi connectivity index (χ2v) is 6.30. The minimum absolute atomic E-state index is 0.210. The van der Waals surface area contributed by atoms with E-state index >= 15 is 0 Å². The summed E-state index contributed by atoms with van der Waals surface area (Å²) in [6.07, 6.45) is 1.78. The minimum Gasteiger partial charge on any atom is -0.366 e. The molecule has 0 aliphatic carbocycles. The van der Waals surface area contributed by atoms with Gasteiger partial charge in [-0.1, -0.05) is 41.9 Å². The molecule has 5 heteroatoms. The molecule has 1 amide bonds. The maximum absolute atomic E-state index is 12.2. The van der Waals surface area contributed by atoms with Crippen LogP contribution in [0.3, 0.4) is 0 Å². The van der Waals surface area contributed by atoms with Crippen LogP contribution in [0.25, 0.3) is 0 Å². The van der Waals surface area contributed by atoms with Crippen LogP contribution in [0.5, 0.6) is 0 Å². The highest BCUT2D eigenvalue weighted by molar-refractivity contribution is 6.30. The number of nitrogens with zero attached hydrogens (tertiary/aromatic N) is 2. The van der Waals surface area contributed by atoms with Crippen molar-refractivity contribution in [3.05, 3.63) is 89.1 Å². The number of hydrogen-bond donors (Lipinski definition) is 1. The number of carbonyl (C=O) groups excluding carboxylic acids is 1. The minimum atomic E-state index is -0.210. The monoisotopic (exact) mass is 365 g/mol. The van der Waals surface area contributed by atoms with Crippen LogP contribution in [0.4, 0.5) is 11.5 Å². The number of halogens is 1. The van der Waals surface area contributed by atoms with Gasteiger partial charge in [0, 0.05) is 23.7 Å². The summed E-state index contributed by atoms with van der Waals surface area (Å²) in [6, 6.07) is 20.8. The molecule has 1 aromatic heterocycles. The average Bonchev–Trinajstić information content (AvgIpc) is 2.68. The van der Waals surface area contributed by atoms with Gasteiger partial charge in [0.05, 0.1) is 11.9 Å². The summed E-state index contributed by atoms with van der Waals surface area (Å²) < 4.78 is 0. The smallest absolute Gasteiger partial charge is 0.256 e. The zero-order valence-electron chi connectivity index (χ0n) is 14.5. The van der Waals surface area contributed by atoms with E-state index in [1.807, 2.05) is 30.3 Å². The van der Waals surface area contributed by atoms with Gasteiger partial charge < -0.3 is 10.2 Å². The first-order valence-electron chi connectivity index (χ1n) is 8.47. The van der Waals surface area contributed by atoms with Crippen molar-refractivity contribution in [1.82, 2.24) is 4.98 Å². The number of rotatable bonds is 6. The van der Waals surface area contributed by atoms with E-state index in [1.54, 1.807) is 30.5 Å². The lowest BCUT2D eigenvalue weighted by atomic mass is 10.2. The van der Waals surface area contributed by atoms with Crippen LogP contribution in [0.1, 0.15) is 22.8 Å². The van der Waals surface area contributed by atoms with Crippen molar-refractivity contribution in [2.24, 2.45) is 0 Å². The van der Waals surface area contributed by atoms with E-state index in [0.29, 0.717) is 16.4 Å². The van der Waals surface area contributed by atoms with Crippen molar-refractivity contribution in [1.29, 1.82) is 0 Å². The molecular formula is C21H20ClN3O. The number of carbonyl (C=O) groups is 1. The van der Waals surface area contributed by atoms with Crippen LogP contribution in [-0.4, -0.2) is 17.4 Å². The van der Waals surface area contributed by atoms with E-state index in [9.17, 15) is 4.79 Å². The Labute approximate surface area is 158 Å². The first-order valence-corrected chi connectivity index (χ1v) is 8.85. The fourth-order valence-corrected chi connectivity index (χ4v) is 2.75. The van der Waals surface area contributed by atoms with Crippen LogP contribution in [-0.2, 0) is 6.54 Å². The molecule has 26 heavy (non-hydrogen) atoms. The lowest BCUT2D eigenvalue weighted by Gasteiger charge is -2.23. The summed E-state index contributed by atoms with van der Waals surface area (Å²) in [5, 5.41) is 3.40. The molecule has 0 saturated carbocycles. The topological polar surface area (TPSA) is 45.2 Å². The van der Waals surface area contributed by atoms with E-state index in [1.165, 1.54) is 5.56 Å². The van der Waals surface area contributed by atoms with Crippen molar-refractivity contribution in [2.75, 3.05) is 16.8 Å². The van der Waals surface area contributed by atoms with Gasteiger partial charge in [-0.05, 0) is 48.9 Å². The average molecular weight is 366 g/mol. The molecule has 3 rings (SSSR count). The van der Waals surface area contributed by atoms with Crippen molar-refractivity contribution in [3.8, 4) is 0 Å². The van der Waals surface area contributed by atoms with Gasteiger partial charge in [-0.15, -0.1) is 0 Å². The molecule has 0 aliphatic rings. The van der Waals surface area contributed by atoms with Crippen molar-refractivity contribution >= 4 is 29.0 Å². The maximum Gasteiger partial charge on any atom is 0.256 e. The number of amides is 1. The summed E-state index contributed by atoms with van der Waals surface area (Å²) in [6.45, 7) is 3.79. The molecule has 0 radical (unpaired) electrons. The fraction of sp³-hybridized carbons (Fsp3) is 0.143. The molecule has 0 atom stereocenters. The van der Waals surface area contributed by atoms with Gasteiger partial charge >= 0.3 is 0 Å². The van der Waals surface area contributed by atoms with Gasteiger partial charge in [-0.3, -0.25) is 4.79 Å². The molecule has 0 bridgehead atoms. The third kappa shape index (κ3) is 4.61. The molecule has 2 aromatic carbocycles. The summed E-state index contributed by atoms with van der Waals surface area (Å²) in [5.74, 6) is 0.308. The highest BCUT2D eigenvalue weighted by Crippen LogP contribution is 2.18. The van der Waals surface area contributed by atoms with Crippen LogP contribution in [0.2, 0.25) is 5.02 Å². The normalized spacial score (nSPS) is 10.4. The number of benzene rings is 2. The van der Waals surface area contributed by atoms with Crippen LogP contribution >= 0.6 is 11.6 Å². The summed E-state index contributed by atoms with van der Waals surface area (Å²) in [4.78, 5) is 18.8. The van der Waals surface area contributed by atoms with E-state index in [0.717, 1.165) is 18.8 Å². The van der Waals surface area contributed by atoms with Gasteiger partial charge in [0.25, 0.3) is 5.91 Å². The molecular weight excluding hydrogens is 346 g/mol. The number of aromatic nitrogens is 1. The van der Waals surface area contributed by atoms with Crippen molar-refractivity contribution in [3.63, 3.8) is 0 Å². The molecule has 3 aromatic rings. The van der Waals surface area contributed by atoms with Crippen LogP contribution in [0, 0.1) is 0 Å². The molecule has 0 fully saturated rings. The van der Waals surface area contributed by atoms with E-state index in [-0.39, 0.29) is 5.91 Å². The standard InChI is InChI=1S/C21H20ClN3O/c1-2-25(15-16-6-4-3-5-7-16)19-12-13-20(23-14-19)24-21(26)17-8-10-18(22)11-9-17/h3-14H,2,15H2,1H3,(H,23,24,26). The zero-order valence-corrected chi connectivity index (χ0v) is 15.3. The SMILES string of the molecule is CCN(Cc1ccccc1)c1ccc(NC(=O)c2ccc(Cl)cc2)nc1. The second-order valence-electron chi connectivity index (χ2n) is 5.86. The lowest BCUT2D eigenvalue weighted by Crippen LogP contribution is -2.22. The first-order chi connectivity index (χ1) is 12.7. The molecule has 0 aliphatic heterocycles. The Kier molecular flexibility index (Phi) is 5.87. The summed E-state index contributed by atoms with van der Waals surface area (Å²) >= 11 is 5.85. The third-order valence-electron chi connectivity index (χ3n) is 4.06. The largest absolute Gasteiger partial charge is 0.366 e. The zero-order chi connectivity index (χ0) is 18.4. The van der Waals surface area contributed by atoms with Gasteiger partial charge in [-0.25, -0.2) is 4.98 Å². The Hall–Kier alpha value is -2.85. The summed E-state index contributed by atoms with van der Waals surface area (Å²) in [7, 11) is 0. The first kappa shape index (κ1) is 18.0. The molecule has 1 N–H and O–H groups in total. The Balaban J connectivity index is 1.67. The quantitative estimate of drug-likeness (QED) is 0.667. The van der Waals surface area contributed by atoms with E-state index < -0.39 is 0 Å². The molecule has 132 valence electrons. The lowest BCUT2D eigenvalue weighted by molar-refractivity contribution is 0.102. The second kappa shape index (κ2) is 8.50. The van der Waals surface area contributed by atoms with E-state index in [2.05, 4.69) is 34.3 Å². The van der Waals surface area contributed by atoms with Gasteiger partial charge in [-0.2, -0.15) is 0 Å². The van der Waals surface area contributed by atoms with Crippen LogP contribution < -0.4 is 10.2 Å². The van der Waals surface area contributed by atoms with Crippen molar-refractivity contribution in [2.45, 2.75) is 13.5 Å². The highest BCUT2D eigenvalue weighted by atomic mass is 35.5. The Bertz CT molecular complexity index is 849. The number of hydrogen-bond acceptors (Lipinski definition) is 3. The number of nitrogens with one attached hydrogen (secondary N) is 1. The highest BCUT2D eigenvalue weighted by Gasteiger charge is 2.09. The maximum atomic E-state index is 12.2. The van der Waals surface area contributed by atoms with Gasteiger partial charge in [0.2, 0.25) is 0 Å². The molecule has 0 unspecified atom stereocenters.